The molecule has 0 amide bonds. The van der Waals surface area contributed by atoms with Crippen LogP contribution in [0.15, 0.2) is 24.3 Å². The van der Waals surface area contributed by atoms with Gasteiger partial charge in [-0.3, -0.25) is 4.79 Å². The predicted octanol–water partition coefficient (Wildman–Crippen LogP) is 5.89. The monoisotopic (exact) mass is 567 g/mol. The Morgan fingerprint density at radius 3 is 1.77 bits per heavy atom. The molecular formula is C33H61NO6. The Morgan fingerprint density at radius 2 is 1.27 bits per heavy atom. The molecule has 0 bridgehead atoms. The van der Waals surface area contributed by atoms with Crippen LogP contribution in [0.5, 0.6) is 0 Å². The third-order valence-corrected chi connectivity index (χ3v) is 7.10. The average Bonchev–Trinajstić information content (AvgIpc) is 2.89. The maximum absolute atomic E-state index is 11.9. The van der Waals surface area contributed by atoms with E-state index in [-0.39, 0.29) is 36.7 Å². The van der Waals surface area contributed by atoms with Crippen LogP contribution in [0.25, 0.3) is 0 Å². The number of hydrogen-bond acceptors (Lipinski definition) is 6. The van der Waals surface area contributed by atoms with Crippen LogP contribution in [0.2, 0.25) is 0 Å². The lowest BCUT2D eigenvalue weighted by atomic mass is 10.1. The van der Waals surface area contributed by atoms with Crippen LogP contribution in [0.3, 0.4) is 0 Å². The number of aliphatic hydroxyl groups excluding tert-OH is 1. The maximum atomic E-state index is 11.9. The van der Waals surface area contributed by atoms with Crippen molar-refractivity contribution in [2.24, 2.45) is 0 Å². The summed E-state index contributed by atoms with van der Waals surface area (Å²) in [6, 6.07) is -0.685. The molecule has 0 aliphatic heterocycles. The summed E-state index contributed by atoms with van der Waals surface area (Å²) in [4.78, 5) is 23.1. The first-order chi connectivity index (χ1) is 19.2. The molecule has 7 heteroatoms. The molecule has 0 rings (SSSR count). The highest BCUT2D eigenvalue weighted by atomic mass is 16.5. The molecule has 0 fully saturated rings. The molecule has 0 aromatic heterocycles. The van der Waals surface area contributed by atoms with Gasteiger partial charge in [0.15, 0.2) is 0 Å². The number of carboxylic acid groups (broad SMARTS) is 1. The van der Waals surface area contributed by atoms with Gasteiger partial charge in [-0.05, 0) is 32.1 Å². The molecule has 0 saturated carbocycles. The molecule has 2 unspecified atom stereocenters. The van der Waals surface area contributed by atoms with E-state index < -0.39 is 18.1 Å². The van der Waals surface area contributed by atoms with Gasteiger partial charge in [0.2, 0.25) is 0 Å². The number of aliphatic hydroxyl groups is 1. The quantitative estimate of drug-likeness (QED) is 0.0549. The van der Waals surface area contributed by atoms with Crippen molar-refractivity contribution in [3.63, 3.8) is 0 Å². The van der Waals surface area contributed by atoms with Crippen LogP contribution in [-0.4, -0.2) is 74.6 Å². The highest BCUT2D eigenvalue weighted by Crippen LogP contribution is 2.13. The fourth-order valence-electron chi connectivity index (χ4n) is 4.53. The Morgan fingerprint density at radius 1 is 0.775 bits per heavy atom. The van der Waals surface area contributed by atoms with Crippen LogP contribution in [-0.2, 0) is 19.1 Å². The summed E-state index contributed by atoms with van der Waals surface area (Å²) in [7, 11) is 5.35. The fraction of sp³-hybridized carbons (Fsp3) is 0.818. The van der Waals surface area contributed by atoms with Crippen LogP contribution >= 0.6 is 0 Å². The largest absolute Gasteiger partial charge is 0.544 e. The number of ether oxygens (including phenoxy) is 2. The lowest BCUT2D eigenvalue weighted by molar-refractivity contribution is -0.889. The molecule has 0 spiro atoms. The van der Waals surface area contributed by atoms with Crippen LogP contribution in [0.4, 0.5) is 0 Å². The Hall–Kier alpha value is -1.70. The number of rotatable bonds is 28. The first kappa shape index (κ1) is 38.3. The minimum Gasteiger partial charge on any atom is -0.544 e. The summed E-state index contributed by atoms with van der Waals surface area (Å²) < 4.78 is 10.7. The zero-order chi connectivity index (χ0) is 29.9. The highest BCUT2D eigenvalue weighted by molar-refractivity contribution is 5.69. The van der Waals surface area contributed by atoms with E-state index in [0.29, 0.717) is 6.42 Å². The van der Waals surface area contributed by atoms with E-state index in [2.05, 4.69) is 31.2 Å². The molecule has 0 aliphatic carbocycles. The number of allylic oxidation sites excluding steroid dienone is 4. The van der Waals surface area contributed by atoms with Crippen molar-refractivity contribution >= 4 is 11.9 Å². The normalized spacial score (nSPS) is 13.7. The third kappa shape index (κ3) is 25.3. The number of quaternary nitrogens is 1. The molecule has 0 aromatic carbocycles. The number of carbonyl (C=O) groups excluding carboxylic acids is 2. The van der Waals surface area contributed by atoms with Crippen molar-refractivity contribution in [3.8, 4) is 0 Å². The molecule has 0 saturated heterocycles. The Balaban J connectivity index is 3.50. The number of hydrogen-bond donors (Lipinski definition) is 1. The van der Waals surface area contributed by atoms with Crippen molar-refractivity contribution in [1.82, 2.24) is 0 Å². The summed E-state index contributed by atoms with van der Waals surface area (Å²) >= 11 is 0. The van der Waals surface area contributed by atoms with Gasteiger partial charge in [0.25, 0.3) is 0 Å². The zero-order valence-corrected chi connectivity index (χ0v) is 26.2. The minimum atomic E-state index is -1.12. The SMILES string of the molecule is CCCCCC/C=C/C=C/CCCCCCCCCCCCC(=O)OCC(O)COCCC(C(=O)[O-])[N+](C)(C)C. The van der Waals surface area contributed by atoms with Crippen molar-refractivity contribution in [2.75, 3.05) is 41.0 Å². The van der Waals surface area contributed by atoms with Crippen LogP contribution in [0, 0.1) is 0 Å². The topological polar surface area (TPSA) is 95.9 Å². The second kappa shape index (κ2) is 26.2. The molecular weight excluding hydrogens is 506 g/mol. The van der Waals surface area contributed by atoms with E-state index in [0.717, 1.165) is 19.3 Å². The van der Waals surface area contributed by atoms with Gasteiger partial charge in [0.05, 0.1) is 40.3 Å². The lowest BCUT2D eigenvalue weighted by Crippen LogP contribution is -2.55. The maximum Gasteiger partial charge on any atom is 0.305 e. The average molecular weight is 568 g/mol. The van der Waals surface area contributed by atoms with Gasteiger partial charge < -0.3 is 29.0 Å². The summed E-state index contributed by atoms with van der Waals surface area (Å²) in [5.74, 6) is -1.42. The van der Waals surface area contributed by atoms with Crippen molar-refractivity contribution in [3.05, 3.63) is 24.3 Å². The molecule has 1 N–H and O–H groups in total. The first-order valence-corrected chi connectivity index (χ1v) is 15.9. The number of carboxylic acids is 1. The predicted molar refractivity (Wildman–Crippen MR) is 162 cm³/mol. The molecule has 2 atom stereocenters. The number of likely N-dealkylation sites (N-methyl/N-ethyl adjacent to an activating group) is 1. The molecule has 0 aliphatic rings. The number of carbonyl (C=O) groups is 2. The summed E-state index contributed by atoms with van der Waals surface area (Å²) in [6.45, 7) is 2.33. The molecule has 7 nitrogen and oxygen atoms in total. The Labute approximate surface area is 245 Å². The number of nitrogens with zero attached hydrogens (tertiary/aromatic N) is 1. The van der Waals surface area contributed by atoms with E-state index >= 15 is 0 Å². The van der Waals surface area contributed by atoms with Gasteiger partial charge in [-0.1, -0.05) is 102 Å². The van der Waals surface area contributed by atoms with Gasteiger partial charge in [-0.2, -0.15) is 0 Å². The van der Waals surface area contributed by atoms with E-state index in [1.165, 1.54) is 83.5 Å². The van der Waals surface area contributed by atoms with Gasteiger partial charge in [-0.25, -0.2) is 0 Å². The van der Waals surface area contributed by atoms with E-state index in [1.807, 2.05) is 0 Å². The summed E-state index contributed by atoms with van der Waals surface area (Å²) in [5, 5.41) is 21.2. The summed E-state index contributed by atoms with van der Waals surface area (Å²) in [5.41, 5.74) is 0. The van der Waals surface area contributed by atoms with Gasteiger partial charge in [0.1, 0.15) is 18.8 Å². The van der Waals surface area contributed by atoms with Crippen LogP contribution in [0.1, 0.15) is 122 Å². The number of unbranched alkanes of at least 4 members (excludes halogenated alkanes) is 14. The molecule has 234 valence electrons. The highest BCUT2D eigenvalue weighted by Gasteiger charge is 2.24. The van der Waals surface area contributed by atoms with Gasteiger partial charge >= 0.3 is 5.97 Å². The first-order valence-electron chi connectivity index (χ1n) is 15.9. The molecule has 0 aromatic rings. The fourth-order valence-corrected chi connectivity index (χ4v) is 4.53. The third-order valence-electron chi connectivity index (χ3n) is 7.10. The van der Waals surface area contributed by atoms with Crippen molar-refractivity contribution in [2.45, 2.75) is 135 Å². The van der Waals surface area contributed by atoms with E-state index in [4.69, 9.17) is 9.47 Å². The smallest absolute Gasteiger partial charge is 0.305 e. The minimum absolute atomic E-state index is 0.00184. The van der Waals surface area contributed by atoms with Gasteiger partial charge in [-0.15, -0.1) is 0 Å². The second-order valence-electron chi connectivity index (χ2n) is 11.9. The Bertz CT molecular complexity index is 670. The number of esters is 1. The molecule has 0 radical (unpaired) electrons. The summed E-state index contributed by atoms with van der Waals surface area (Å²) in [6.07, 6.45) is 28.4. The van der Waals surface area contributed by atoms with Crippen molar-refractivity contribution < 1.29 is 33.8 Å². The van der Waals surface area contributed by atoms with Crippen molar-refractivity contribution in [1.29, 1.82) is 0 Å². The van der Waals surface area contributed by atoms with Gasteiger partial charge in [0, 0.05) is 12.8 Å². The van der Waals surface area contributed by atoms with Crippen LogP contribution < -0.4 is 5.11 Å². The number of aliphatic carboxylic acids is 1. The zero-order valence-electron chi connectivity index (χ0n) is 26.2. The van der Waals surface area contributed by atoms with E-state index in [9.17, 15) is 19.8 Å². The van der Waals surface area contributed by atoms with E-state index in [1.54, 1.807) is 21.1 Å². The lowest BCUT2D eigenvalue weighted by Gasteiger charge is -2.34. The second-order valence-corrected chi connectivity index (χ2v) is 11.9. The molecule has 40 heavy (non-hydrogen) atoms. The molecule has 0 heterocycles. The Kier molecular flexibility index (Phi) is 25.1. The standard InChI is InChI=1S/C33H61NO6/c1-5-6-7-8-9-10-11-12-13-14-15-16-17-18-19-20-21-22-23-24-25-32(36)40-29-30(35)28-39-27-26-31(33(37)38)34(2,3)4/h10-13,30-31,35H,5-9,14-29H2,1-4H3/b11-10+,13-12+.